The van der Waals surface area contributed by atoms with Gasteiger partial charge in [0.2, 0.25) is 11.8 Å². The third-order valence-electron chi connectivity index (χ3n) is 5.82. The Labute approximate surface area is 153 Å². The summed E-state index contributed by atoms with van der Waals surface area (Å²) in [5, 5.41) is 0. The predicted molar refractivity (Wildman–Crippen MR) is 101 cm³/mol. The first kappa shape index (κ1) is 20.2. The molecule has 0 radical (unpaired) electrons. The van der Waals surface area contributed by atoms with E-state index in [2.05, 4.69) is 32.6 Å². The molecule has 0 aromatic rings. The molecule has 5 nitrogen and oxygen atoms in total. The van der Waals surface area contributed by atoms with Crippen LogP contribution in [0.1, 0.15) is 59.8 Å². The van der Waals surface area contributed by atoms with Gasteiger partial charge in [-0.2, -0.15) is 0 Å². The zero-order valence-electron chi connectivity index (χ0n) is 16.7. The van der Waals surface area contributed by atoms with E-state index in [9.17, 15) is 9.59 Å². The number of carbonyl (C=O) groups is 2. The number of amides is 2. The highest BCUT2D eigenvalue weighted by atomic mass is 16.2. The van der Waals surface area contributed by atoms with Gasteiger partial charge < -0.3 is 9.80 Å². The molecule has 0 aromatic carbocycles. The molecule has 2 fully saturated rings. The second-order valence-corrected chi connectivity index (χ2v) is 8.01. The lowest BCUT2D eigenvalue weighted by Crippen LogP contribution is -2.58. The molecule has 1 aliphatic heterocycles. The summed E-state index contributed by atoms with van der Waals surface area (Å²) in [6.45, 7) is 13.1. The van der Waals surface area contributed by atoms with Crippen LogP contribution in [0.4, 0.5) is 0 Å². The van der Waals surface area contributed by atoms with Crippen molar-refractivity contribution in [1.82, 2.24) is 14.7 Å². The van der Waals surface area contributed by atoms with Gasteiger partial charge in [-0.3, -0.25) is 14.5 Å². The second kappa shape index (κ2) is 9.56. The fraction of sp³-hybridized carbons (Fsp3) is 0.900. The van der Waals surface area contributed by atoms with Crippen LogP contribution < -0.4 is 0 Å². The van der Waals surface area contributed by atoms with Crippen molar-refractivity contribution >= 4 is 11.8 Å². The summed E-state index contributed by atoms with van der Waals surface area (Å²) in [6.07, 6.45) is 5.47. The number of rotatable bonds is 7. The van der Waals surface area contributed by atoms with Gasteiger partial charge in [0.25, 0.3) is 0 Å². The van der Waals surface area contributed by atoms with Crippen molar-refractivity contribution in [3.8, 4) is 0 Å². The summed E-state index contributed by atoms with van der Waals surface area (Å²) in [5.41, 5.74) is 0. The normalized spacial score (nSPS) is 20.9. The number of piperazine rings is 1. The van der Waals surface area contributed by atoms with E-state index < -0.39 is 0 Å². The van der Waals surface area contributed by atoms with E-state index in [1.165, 1.54) is 25.7 Å². The van der Waals surface area contributed by atoms with Crippen LogP contribution in [0.25, 0.3) is 0 Å². The highest BCUT2D eigenvalue weighted by Crippen LogP contribution is 2.32. The summed E-state index contributed by atoms with van der Waals surface area (Å²) in [7, 11) is 0. The van der Waals surface area contributed by atoms with E-state index in [-0.39, 0.29) is 11.9 Å². The average Bonchev–Trinajstić information content (AvgIpc) is 3.10. The molecular formula is C20H37N3O2. The van der Waals surface area contributed by atoms with Crippen molar-refractivity contribution < 1.29 is 9.59 Å². The van der Waals surface area contributed by atoms with Crippen LogP contribution in [-0.4, -0.2) is 71.8 Å². The zero-order chi connectivity index (χ0) is 18.4. The van der Waals surface area contributed by atoms with E-state index in [0.717, 1.165) is 39.3 Å². The molecular weight excluding hydrogens is 314 g/mol. The SMILES string of the molecule is CCN(CC)C(=O)C(C1CCCC1)N1CCN(C(=O)CC(C)C)CC1. The van der Waals surface area contributed by atoms with Crippen LogP contribution in [0.15, 0.2) is 0 Å². The van der Waals surface area contributed by atoms with Crippen molar-refractivity contribution in [2.75, 3.05) is 39.3 Å². The van der Waals surface area contributed by atoms with E-state index in [4.69, 9.17) is 0 Å². The highest BCUT2D eigenvalue weighted by Gasteiger charge is 2.38. The van der Waals surface area contributed by atoms with Gasteiger partial charge in [0, 0.05) is 45.7 Å². The topological polar surface area (TPSA) is 43.9 Å². The molecule has 2 rings (SSSR count). The van der Waals surface area contributed by atoms with Gasteiger partial charge in [0.05, 0.1) is 6.04 Å². The van der Waals surface area contributed by atoms with Gasteiger partial charge in [-0.25, -0.2) is 0 Å². The van der Waals surface area contributed by atoms with Crippen LogP contribution >= 0.6 is 0 Å². The van der Waals surface area contributed by atoms with E-state index >= 15 is 0 Å². The van der Waals surface area contributed by atoms with Crippen LogP contribution in [0, 0.1) is 11.8 Å². The van der Waals surface area contributed by atoms with E-state index in [1.807, 2.05) is 9.80 Å². The summed E-state index contributed by atoms with van der Waals surface area (Å²) in [5.74, 6) is 1.47. The largest absolute Gasteiger partial charge is 0.342 e. The Morgan fingerprint density at radius 1 is 1.00 bits per heavy atom. The predicted octanol–water partition coefficient (Wildman–Crippen LogP) is 2.60. The lowest BCUT2D eigenvalue weighted by Gasteiger charge is -2.42. The van der Waals surface area contributed by atoms with Crippen molar-refractivity contribution in [3.63, 3.8) is 0 Å². The molecule has 2 aliphatic rings. The summed E-state index contributed by atoms with van der Waals surface area (Å²) in [6, 6.07) is 0.0183. The minimum atomic E-state index is 0.0183. The van der Waals surface area contributed by atoms with Gasteiger partial charge >= 0.3 is 0 Å². The fourth-order valence-corrected chi connectivity index (χ4v) is 4.38. The van der Waals surface area contributed by atoms with Crippen LogP contribution in [0.2, 0.25) is 0 Å². The van der Waals surface area contributed by atoms with Crippen LogP contribution in [-0.2, 0) is 9.59 Å². The maximum Gasteiger partial charge on any atom is 0.240 e. The van der Waals surface area contributed by atoms with Crippen molar-refractivity contribution in [3.05, 3.63) is 0 Å². The van der Waals surface area contributed by atoms with Gasteiger partial charge in [-0.05, 0) is 38.5 Å². The smallest absolute Gasteiger partial charge is 0.240 e. The number of likely N-dealkylation sites (N-methyl/N-ethyl adjacent to an activating group) is 1. The van der Waals surface area contributed by atoms with Crippen LogP contribution in [0.5, 0.6) is 0 Å². The molecule has 144 valence electrons. The molecule has 1 saturated carbocycles. The molecule has 5 heteroatoms. The molecule has 1 heterocycles. The van der Waals surface area contributed by atoms with Crippen molar-refractivity contribution in [2.24, 2.45) is 11.8 Å². The third-order valence-corrected chi connectivity index (χ3v) is 5.82. The number of hydrogen-bond donors (Lipinski definition) is 0. The minimum absolute atomic E-state index is 0.0183. The van der Waals surface area contributed by atoms with E-state index in [1.54, 1.807) is 0 Å². The number of carbonyl (C=O) groups excluding carboxylic acids is 2. The molecule has 0 aromatic heterocycles. The first-order chi connectivity index (χ1) is 12.0. The maximum atomic E-state index is 13.2. The molecule has 1 saturated heterocycles. The number of hydrogen-bond acceptors (Lipinski definition) is 3. The first-order valence-electron chi connectivity index (χ1n) is 10.3. The molecule has 1 aliphatic carbocycles. The first-order valence-corrected chi connectivity index (χ1v) is 10.3. The van der Waals surface area contributed by atoms with Gasteiger partial charge in [-0.15, -0.1) is 0 Å². The minimum Gasteiger partial charge on any atom is -0.342 e. The van der Waals surface area contributed by atoms with Gasteiger partial charge in [0.15, 0.2) is 0 Å². The maximum absolute atomic E-state index is 13.2. The molecule has 0 bridgehead atoms. The summed E-state index contributed by atoms with van der Waals surface area (Å²) in [4.78, 5) is 31.8. The Balaban J connectivity index is 2.01. The van der Waals surface area contributed by atoms with Crippen molar-refractivity contribution in [1.29, 1.82) is 0 Å². The lowest BCUT2D eigenvalue weighted by atomic mass is 9.94. The molecule has 2 amide bonds. The van der Waals surface area contributed by atoms with Crippen molar-refractivity contribution in [2.45, 2.75) is 65.8 Å². The van der Waals surface area contributed by atoms with Gasteiger partial charge in [0.1, 0.15) is 0 Å². The van der Waals surface area contributed by atoms with E-state index in [0.29, 0.717) is 24.2 Å². The zero-order valence-corrected chi connectivity index (χ0v) is 16.7. The standard InChI is InChI=1S/C20H37N3O2/c1-5-21(6-2)20(25)19(17-9-7-8-10-17)23-13-11-22(12-14-23)18(24)15-16(3)4/h16-17,19H,5-15H2,1-4H3. The summed E-state index contributed by atoms with van der Waals surface area (Å²) >= 11 is 0. The average molecular weight is 352 g/mol. The number of nitrogens with zero attached hydrogens (tertiary/aromatic N) is 3. The second-order valence-electron chi connectivity index (χ2n) is 8.01. The fourth-order valence-electron chi connectivity index (χ4n) is 4.38. The Hall–Kier alpha value is -1.10. The van der Waals surface area contributed by atoms with Gasteiger partial charge in [-0.1, -0.05) is 26.7 Å². The molecule has 1 atom stereocenters. The Morgan fingerprint density at radius 2 is 1.56 bits per heavy atom. The highest BCUT2D eigenvalue weighted by molar-refractivity contribution is 5.82. The molecule has 0 spiro atoms. The Kier molecular flexibility index (Phi) is 7.73. The monoisotopic (exact) mass is 351 g/mol. The summed E-state index contributed by atoms with van der Waals surface area (Å²) < 4.78 is 0. The Morgan fingerprint density at radius 3 is 2.04 bits per heavy atom. The third kappa shape index (κ3) is 5.19. The molecule has 25 heavy (non-hydrogen) atoms. The lowest BCUT2D eigenvalue weighted by molar-refractivity contribution is -0.141. The molecule has 1 unspecified atom stereocenters. The van der Waals surface area contributed by atoms with Crippen LogP contribution in [0.3, 0.4) is 0 Å². The quantitative estimate of drug-likeness (QED) is 0.708. The molecule has 0 N–H and O–H groups in total. The Bertz CT molecular complexity index is 434.